The molecule has 3 N–H and O–H groups in total. The second kappa shape index (κ2) is 7.95. The normalized spacial score (nSPS) is 12.4. The monoisotopic (exact) mass is 253 g/mol. The van der Waals surface area contributed by atoms with Gasteiger partial charge in [0.1, 0.15) is 0 Å². The smallest absolute Gasteiger partial charge is 0.162 e. The van der Waals surface area contributed by atoms with Gasteiger partial charge in [0.2, 0.25) is 0 Å². The lowest BCUT2D eigenvalue weighted by Crippen LogP contribution is -2.25. The maximum Gasteiger partial charge on any atom is 0.162 e. The van der Waals surface area contributed by atoms with Crippen molar-refractivity contribution < 1.29 is 14.9 Å². The molecular formula is C14H23NO3. The van der Waals surface area contributed by atoms with Crippen LogP contribution in [0.25, 0.3) is 0 Å². The molecule has 0 amide bonds. The summed E-state index contributed by atoms with van der Waals surface area (Å²) in [6.07, 6.45) is 1.71. The molecule has 0 heterocycles. The summed E-state index contributed by atoms with van der Waals surface area (Å²) in [5.41, 5.74) is 0.830. The number of aliphatic hydroxyl groups excluding tert-OH is 1. The van der Waals surface area contributed by atoms with Crippen molar-refractivity contribution in [2.45, 2.75) is 39.3 Å². The van der Waals surface area contributed by atoms with Crippen molar-refractivity contribution in [3.8, 4) is 11.5 Å². The second-order valence-corrected chi connectivity index (χ2v) is 4.34. The first-order valence-electron chi connectivity index (χ1n) is 6.47. The lowest BCUT2D eigenvalue weighted by molar-refractivity contribution is 0.276. The number of hydrogen-bond acceptors (Lipinski definition) is 4. The van der Waals surface area contributed by atoms with Gasteiger partial charge in [-0.3, -0.25) is 0 Å². The summed E-state index contributed by atoms with van der Waals surface area (Å²) in [7, 11) is 0. The highest BCUT2D eigenvalue weighted by atomic mass is 16.5. The van der Waals surface area contributed by atoms with E-state index in [0.29, 0.717) is 24.9 Å². The van der Waals surface area contributed by atoms with E-state index in [1.807, 2.05) is 19.1 Å². The highest BCUT2D eigenvalue weighted by Gasteiger charge is 2.08. The van der Waals surface area contributed by atoms with Gasteiger partial charge in [-0.15, -0.1) is 0 Å². The zero-order chi connectivity index (χ0) is 13.4. The second-order valence-electron chi connectivity index (χ2n) is 4.34. The Morgan fingerprint density at radius 2 is 2.17 bits per heavy atom. The topological polar surface area (TPSA) is 61.7 Å². The van der Waals surface area contributed by atoms with Crippen LogP contribution in [0.15, 0.2) is 18.2 Å². The summed E-state index contributed by atoms with van der Waals surface area (Å²) in [5, 5.41) is 22.1. The quantitative estimate of drug-likeness (QED) is 0.663. The molecule has 0 aromatic heterocycles. The molecule has 0 bridgehead atoms. The van der Waals surface area contributed by atoms with E-state index >= 15 is 0 Å². The molecule has 0 aliphatic rings. The van der Waals surface area contributed by atoms with Crippen LogP contribution in [-0.4, -0.2) is 29.5 Å². The zero-order valence-corrected chi connectivity index (χ0v) is 11.1. The number of aliphatic hydroxyl groups is 1. The van der Waals surface area contributed by atoms with Gasteiger partial charge in [0.05, 0.1) is 6.61 Å². The summed E-state index contributed by atoms with van der Waals surface area (Å²) in [5.74, 6) is 0.737. The van der Waals surface area contributed by atoms with Crippen LogP contribution in [0, 0.1) is 0 Å². The minimum Gasteiger partial charge on any atom is -0.504 e. The Morgan fingerprint density at radius 1 is 1.39 bits per heavy atom. The van der Waals surface area contributed by atoms with Gasteiger partial charge in [0.25, 0.3) is 0 Å². The molecule has 4 nitrogen and oxygen atoms in total. The van der Waals surface area contributed by atoms with E-state index in [-0.39, 0.29) is 12.4 Å². The van der Waals surface area contributed by atoms with E-state index in [2.05, 4.69) is 12.2 Å². The molecule has 102 valence electrons. The van der Waals surface area contributed by atoms with Crippen LogP contribution in [0.3, 0.4) is 0 Å². The van der Waals surface area contributed by atoms with Gasteiger partial charge in [-0.25, -0.2) is 0 Å². The maximum atomic E-state index is 10.0. The molecule has 0 aliphatic carbocycles. The number of hydrogen-bond donors (Lipinski definition) is 3. The van der Waals surface area contributed by atoms with Crippen molar-refractivity contribution in [2.75, 3.05) is 13.2 Å². The third kappa shape index (κ3) is 4.55. The van der Waals surface area contributed by atoms with E-state index in [4.69, 9.17) is 9.84 Å². The van der Waals surface area contributed by atoms with Crippen LogP contribution >= 0.6 is 0 Å². The molecule has 18 heavy (non-hydrogen) atoms. The number of para-hydroxylation sites is 1. The minimum atomic E-state index is 0.209. The molecule has 0 radical (unpaired) electrons. The third-order valence-corrected chi connectivity index (χ3v) is 2.82. The van der Waals surface area contributed by atoms with E-state index < -0.39 is 0 Å². The molecule has 1 aromatic rings. The van der Waals surface area contributed by atoms with Crippen LogP contribution in [0.2, 0.25) is 0 Å². The van der Waals surface area contributed by atoms with Crippen LogP contribution in [0.1, 0.15) is 32.3 Å². The van der Waals surface area contributed by atoms with Crippen LogP contribution in [0.5, 0.6) is 11.5 Å². The summed E-state index contributed by atoms with van der Waals surface area (Å²) in [6, 6.07) is 5.83. The maximum absolute atomic E-state index is 10.0. The number of ether oxygens (including phenoxy) is 1. The molecule has 1 atom stereocenters. The number of phenolic OH excluding ortho intramolecular Hbond substituents is 1. The number of aromatic hydroxyl groups is 1. The average Bonchev–Trinajstić information content (AvgIpc) is 2.37. The Labute approximate surface area is 109 Å². The van der Waals surface area contributed by atoms with Crippen molar-refractivity contribution in [1.82, 2.24) is 5.32 Å². The predicted molar refractivity (Wildman–Crippen MR) is 71.9 cm³/mol. The van der Waals surface area contributed by atoms with Gasteiger partial charge in [-0.2, -0.15) is 0 Å². The van der Waals surface area contributed by atoms with Crippen LogP contribution < -0.4 is 10.1 Å². The Hall–Kier alpha value is -1.26. The van der Waals surface area contributed by atoms with Crippen LogP contribution in [-0.2, 0) is 6.54 Å². The molecule has 4 heteroatoms. The first kappa shape index (κ1) is 14.8. The van der Waals surface area contributed by atoms with E-state index in [9.17, 15) is 5.11 Å². The zero-order valence-electron chi connectivity index (χ0n) is 11.1. The van der Waals surface area contributed by atoms with E-state index in [1.54, 1.807) is 6.07 Å². The first-order valence-corrected chi connectivity index (χ1v) is 6.47. The summed E-state index contributed by atoms with van der Waals surface area (Å²) >= 11 is 0. The summed E-state index contributed by atoms with van der Waals surface area (Å²) in [4.78, 5) is 0. The van der Waals surface area contributed by atoms with Crippen molar-refractivity contribution in [2.24, 2.45) is 0 Å². The predicted octanol–water partition coefficient (Wildman–Crippen LogP) is 2.04. The Balaban J connectivity index is 2.54. The Kier molecular flexibility index (Phi) is 6.54. The molecule has 0 spiro atoms. The number of benzene rings is 1. The van der Waals surface area contributed by atoms with Crippen molar-refractivity contribution >= 4 is 0 Å². The third-order valence-electron chi connectivity index (χ3n) is 2.82. The molecule has 1 aromatic carbocycles. The van der Waals surface area contributed by atoms with E-state index in [0.717, 1.165) is 18.4 Å². The fraction of sp³-hybridized carbons (Fsp3) is 0.571. The molecule has 0 aliphatic heterocycles. The van der Waals surface area contributed by atoms with Crippen LogP contribution in [0.4, 0.5) is 0 Å². The van der Waals surface area contributed by atoms with Gasteiger partial charge >= 0.3 is 0 Å². The highest BCUT2D eigenvalue weighted by molar-refractivity contribution is 5.45. The molecule has 1 unspecified atom stereocenters. The molecule has 0 saturated heterocycles. The molecule has 0 fully saturated rings. The minimum absolute atomic E-state index is 0.209. The van der Waals surface area contributed by atoms with Gasteiger partial charge in [-0.1, -0.05) is 12.1 Å². The van der Waals surface area contributed by atoms with Gasteiger partial charge in [-0.05, 0) is 32.8 Å². The number of nitrogens with one attached hydrogen (secondary N) is 1. The van der Waals surface area contributed by atoms with Gasteiger partial charge < -0.3 is 20.3 Å². The Bertz CT molecular complexity index is 355. The SMILES string of the molecule is CCOc1cccc(CNC(C)CCCO)c1O. The first-order chi connectivity index (χ1) is 8.69. The molecule has 1 rings (SSSR count). The van der Waals surface area contributed by atoms with Crippen molar-refractivity contribution in [3.05, 3.63) is 23.8 Å². The summed E-state index contributed by atoms with van der Waals surface area (Å²) in [6.45, 7) is 5.31. The lowest BCUT2D eigenvalue weighted by atomic mass is 10.1. The fourth-order valence-electron chi connectivity index (χ4n) is 1.77. The average molecular weight is 253 g/mol. The standard InChI is InChI=1S/C14H23NO3/c1-3-18-13-8-4-7-12(14(13)17)10-15-11(2)6-5-9-16/h4,7-8,11,15-17H,3,5-6,9-10H2,1-2H3. The van der Waals surface area contributed by atoms with E-state index in [1.165, 1.54) is 0 Å². The van der Waals surface area contributed by atoms with Crippen molar-refractivity contribution in [3.63, 3.8) is 0 Å². The van der Waals surface area contributed by atoms with Gasteiger partial charge in [0.15, 0.2) is 11.5 Å². The lowest BCUT2D eigenvalue weighted by Gasteiger charge is -2.15. The largest absolute Gasteiger partial charge is 0.504 e. The van der Waals surface area contributed by atoms with Crippen molar-refractivity contribution in [1.29, 1.82) is 0 Å². The highest BCUT2D eigenvalue weighted by Crippen LogP contribution is 2.29. The Morgan fingerprint density at radius 3 is 2.83 bits per heavy atom. The number of phenols is 1. The fourth-order valence-corrected chi connectivity index (χ4v) is 1.77. The molecule has 0 saturated carbocycles. The van der Waals surface area contributed by atoms with Gasteiger partial charge in [0, 0.05) is 24.8 Å². The summed E-state index contributed by atoms with van der Waals surface area (Å²) < 4.78 is 5.34. The molecular weight excluding hydrogens is 230 g/mol. The number of rotatable bonds is 8.